The SMILES string of the molecule is Cc1nc(C)n(CC2CCCN2CC(=O)NC2CCOCC2)n1. The highest BCUT2D eigenvalue weighted by molar-refractivity contribution is 5.78. The van der Waals surface area contributed by atoms with Gasteiger partial charge in [0.25, 0.3) is 0 Å². The molecule has 1 N–H and O–H groups in total. The van der Waals surface area contributed by atoms with Crippen LogP contribution in [0.25, 0.3) is 0 Å². The fourth-order valence-corrected chi connectivity index (χ4v) is 3.54. The summed E-state index contributed by atoms with van der Waals surface area (Å²) in [6.45, 7) is 7.68. The molecule has 0 bridgehead atoms. The van der Waals surface area contributed by atoms with Crippen molar-refractivity contribution in [2.45, 2.75) is 58.2 Å². The summed E-state index contributed by atoms with van der Waals surface area (Å²) < 4.78 is 7.30. The van der Waals surface area contributed by atoms with Gasteiger partial charge >= 0.3 is 0 Å². The van der Waals surface area contributed by atoms with Gasteiger partial charge in [-0.2, -0.15) is 5.10 Å². The molecule has 3 heterocycles. The van der Waals surface area contributed by atoms with Crippen molar-refractivity contribution in [2.24, 2.45) is 0 Å². The topological polar surface area (TPSA) is 72.3 Å². The highest BCUT2D eigenvalue weighted by Crippen LogP contribution is 2.19. The summed E-state index contributed by atoms with van der Waals surface area (Å²) in [6, 6.07) is 0.646. The standard InChI is InChI=1S/C16H27N5O2/c1-12-17-13(2)21(19-12)10-15-4-3-7-20(15)11-16(22)18-14-5-8-23-9-6-14/h14-15H,3-11H2,1-2H3,(H,18,22). The van der Waals surface area contributed by atoms with Crippen LogP contribution in [0.3, 0.4) is 0 Å². The lowest BCUT2D eigenvalue weighted by Crippen LogP contribution is -2.46. The molecule has 1 atom stereocenters. The van der Waals surface area contributed by atoms with Gasteiger partial charge in [0.05, 0.1) is 13.1 Å². The number of aryl methyl sites for hydroxylation is 2. The van der Waals surface area contributed by atoms with Crippen LogP contribution in [0.15, 0.2) is 0 Å². The second kappa shape index (κ2) is 7.40. The van der Waals surface area contributed by atoms with E-state index in [9.17, 15) is 4.79 Å². The van der Waals surface area contributed by atoms with Crippen molar-refractivity contribution in [3.63, 3.8) is 0 Å². The molecule has 2 aliphatic rings. The summed E-state index contributed by atoms with van der Waals surface area (Å²) in [6.07, 6.45) is 4.10. The van der Waals surface area contributed by atoms with Gasteiger partial charge in [-0.15, -0.1) is 0 Å². The van der Waals surface area contributed by atoms with E-state index in [4.69, 9.17) is 4.74 Å². The fourth-order valence-electron chi connectivity index (χ4n) is 3.54. The zero-order valence-electron chi connectivity index (χ0n) is 14.1. The van der Waals surface area contributed by atoms with Crippen LogP contribution in [-0.4, -0.2) is 64.0 Å². The number of nitrogens with one attached hydrogen (secondary N) is 1. The number of aromatic nitrogens is 3. The van der Waals surface area contributed by atoms with Gasteiger partial charge in [0, 0.05) is 25.3 Å². The number of likely N-dealkylation sites (tertiary alicyclic amines) is 1. The minimum Gasteiger partial charge on any atom is -0.381 e. The van der Waals surface area contributed by atoms with Crippen LogP contribution in [0.5, 0.6) is 0 Å². The van der Waals surface area contributed by atoms with Crippen LogP contribution in [0.1, 0.15) is 37.3 Å². The number of carbonyl (C=O) groups is 1. The number of amides is 1. The van der Waals surface area contributed by atoms with Gasteiger partial charge < -0.3 is 10.1 Å². The van der Waals surface area contributed by atoms with E-state index >= 15 is 0 Å². The largest absolute Gasteiger partial charge is 0.381 e. The van der Waals surface area contributed by atoms with E-state index in [-0.39, 0.29) is 11.9 Å². The van der Waals surface area contributed by atoms with E-state index in [2.05, 4.69) is 20.3 Å². The third-order valence-corrected chi connectivity index (χ3v) is 4.78. The average molecular weight is 321 g/mol. The first kappa shape index (κ1) is 16.4. The summed E-state index contributed by atoms with van der Waals surface area (Å²) in [5.41, 5.74) is 0. The smallest absolute Gasteiger partial charge is 0.234 e. The first-order valence-electron chi connectivity index (χ1n) is 8.61. The molecule has 1 aromatic heterocycles. The Morgan fingerprint density at radius 1 is 1.30 bits per heavy atom. The van der Waals surface area contributed by atoms with Crippen LogP contribution in [0, 0.1) is 13.8 Å². The van der Waals surface area contributed by atoms with E-state index in [0.29, 0.717) is 12.6 Å². The number of carbonyl (C=O) groups excluding carboxylic acids is 1. The minimum atomic E-state index is 0.135. The second-order valence-electron chi connectivity index (χ2n) is 6.61. The quantitative estimate of drug-likeness (QED) is 0.862. The molecule has 1 amide bonds. The molecule has 0 saturated carbocycles. The van der Waals surface area contributed by atoms with E-state index in [1.54, 1.807) is 0 Å². The lowest BCUT2D eigenvalue weighted by atomic mass is 10.1. The van der Waals surface area contributed by atoms with Gasteiger partial charge in [-0.3, -0.25) is 9.69 Å². The van der Waals surface area contributed by atoms with Gasteiger partial charge in [0.2, 0.25) is 5.91 Å². The van der Waals surface area contributed by atoms with Crippen molar-refractivity contribution >= 4 is 5.91 Å². The lowest BCUT2D eigenvalue weighted by Gasteiger charge is -2.27. The Morgan fingerprint density at radius 2 is 2.09 bits per heavy atom. The van der Waals surface area contributed by atoms with E-state index < -0.39 is 0 Å². The van der Waals surface area contributed by atoms with Crippen molar-refractivity contribution in [1.29, 1.82) is 0 Å². The van der Waals surface area contributed by atoms with Crippen molar-refractivity contribution in [1.82, 2.24) is 25.0 Å². The normalized spacial score (nSPS) is 23.3. The average Bonchev–Trinajstić information content (AvgIpc) is 3.07. The van der Waals surface area contributed by atoms with E-state index in [1.807, 2.05) is 18.5 Å². The zero-order chi connectivity index (χ0) is 16.2. The summed E-state index contributed by atoms with van der Waals surface area (Å²) >= 11 is 0. The molecule has 7 heteroatoms. The molecular weight excluding hydrogens is 294 g/mol. The Balaban J connectivity index is 1.52. The van der Waals surface area contributed by atoms with E-state index in [0.717, 1.165) is 63.6 Å². The summed E-state index contributed by atoms with van der Waals surface area (Å²) in [5, 5.41) is 7.60. The van der Waals surface area contributed by atoms with Gasteiger partial charge in [-0.1, -0.05) is 0 Å². The third kappa shape index (κ3) is 4.29. The Bertz CT molecular complexity index is 539. The highest BCUT2D eigenvalue weighted by Gasteiger charge is 2.28. The number of ether oxygens (including phenoxy) is 1. The molecule has 0 spiro atoms. The molecule has 0 aliphatic carbocycles. The number of hydrogen-bond acceptors (Lipinski definition) is 5. The molecule has 2 fully saturated rings. The third-order valence-electron chi connectivity index (χ3n) is 4.78. The Hall–Kier alpha value is -1.47. The van der Waals surface area contributed by atoms with Crippen LogP contribution in [0.2, 0.25) is 0 Å². The molecule has 23 heavy (non-hydrogen) atoms. The number of hydrogen-bond donors (Lipinski definition) is 1. The molecule has 3 rings (SSSR count). The minimum absolute atomic E-state index is 0.135. The zero-order valence-corrected chi connectivity index (χ0v) is 14.1. The van der Waals surface area contributed by atoms with Crippen molar-refractivity contribution in [2.75, 3.05) is 26.3 Å². The Labute approximate surface area is 137 Å². The number of nitrogens with zero attached hydrogens (tertiary/aromatic N) is 4. The maximum atomic E-state index is 12.3. The predicted octanol–water partition coefficient (Wildman–Crippen LogP) is 0.655. The number of rotatable bonds is 5. The van der Waals surface area contributed by atoms with Crippen molar-refractivity contribution in [3.8, 4) is 0 Å². The highest BCUT2D eigenvalue weighted by atomic mass is 16.5. The summed E-state index contributed by atoms with van der Waals surface area (Å²) in [4.78, 5) is 18.9. The maximum absolute atomic E-state index is 12.3. The molecular formula is C16H27N5O2. The van der Waals surface area contributed by atoms with Crippen LogP contribution >= 0.6 is 0 Å². The van der Waals surface area contributed by atoms with Crippen molar-refractivity contribution < 1.29 is 9.53 Å². The molecule has 2 saturated heterocycles. The van der Waals surface area contributed by atoms with Crippen LogP contribution < -0.4 is 5.32 Å². The lowest BCUT2D eigenvalue weighted by molar-refractivity contribution is -0.123. The maximum Gasteiger partial charge on any atom is 0.234 e. The fraction of sp³-hybridized carbons (Fsp3) is 0.812. The van der Waals surface area contributed by atoms with E-state index in [1.165, 1.54) is 0 Å². The Morgan fingerprint density at radius 3 is 2.78 bits per heavy atom. The first-order chi connectivity index (χ1) is 11.1. The van der Waals surface area contributed by atoms with Crippen LogP contribution in [0.4, 0.5) is 0 Å². The van der Waals surface area contributed by atoms with Crippen LogP contribution in [-0.2, 0) is 16.1 Å². The Kier molecular flexibility index (Phi) is 5.27. The molecule has 0 radical (unpaired) electrons. The molecule has 1 unspecified atom stereocenters. The first-order valence-corrected chi connectivity index (χ1v) is 8.61. The molecule has 1 aromatic rings. The van der Waals surface area contributed by atoms with Gasteiger partial charge in [-0.05, 0) is 46.1 Å². The van der Waals surface area contributed by atoms with Gasteiger partial charge in [0.1, 0.15) is 11.6 Å². The molecule has 128 valence electrons. The predicted molar refractivity (Wildman–Crippen MR) is 86.1 cm³/mol. The molecule has 7 nitrogen and oxygen atoms in total. The molecule has 0 aromatic carbocycles. The summed E-state index contributed by atoms with van der Waals surface area (Å²) in [7, 11) is 0. The van der Waals surface area contributed by atoms with Gasteiger partial charge in [-0.25, -0.2) is 9.67 Å². The second-order valence-corrected chi connectivity index (χ2v) is 6.61. The molecule has 2 aliphatic heterocycles. The monoisotopic (exact) mass is 321 g/mol. The summed E-state index contributed by atoms with van der Waals surface area (Å²) in [5.74, 6) is 1.89. The van der Waals surface area contributed by atoms with Gasteiger partial charge in [0.15, 0.2) is 0 Å². The van der Waals surface area contributed by atoms with Crippen molar-refractivity contribution in [3.05, 3.63) is 11.6 Å².